The van der Waals surface area contributed by atoms with E-state index in [-0.39, 0.29) is 11.5 Å². The van der Waals surface area contributed by atoms with Gasteiger partial charge in [0.2, 0.25) is 5.91 Å². The zero-order valence-corrected chi connectivity index (χ0v) is 13.2. The van der Waals surface area contributed by atoms with E-state index in [9.17, 15) is 9.59 Å². The van der Waals surface area contributed by atoms with Crippen molar-refractivity contribution in [2.45, 2.75) is 13.3 Å². The number of anilines is 1. The van der Waals surface area contributed by atoms with Gasteiger partial charge in [-0.1, -0.05) is 42.5 Å². The van der Waals surface area contributed by atoms with Crippen molar-refractivity contribution in [1.29, 1.82) is 0 Å². The van der Waals surface area contributed by atoms with Crippen molar-refractivity contribution in [3.63, 3.8) is 0 Å². The third-order valence-electron chi connectivity index (χ3n) is 3.62. The second-order valence-electron chi connectivity index (χ2n) is 5.53. The van der Waals surface area contributed by atoms with Gasteiger partial charge >= 0.3 is 0 Å². The molecule has 0 aliphatic rings. The summed E-state index contributed by atoms with van der Waals surface area (Å²) in [5, 5.41) is 9.39. The largest absolute Gasteiger partial charge is 0.326 e. The molecule has 0 unspecified atom stereocenters. The van der Waals surface area contributed by atoms with Crippen LogP contribution < -0.4 is 10.9 Å². The molecule has 0 aliphatic carbocycles. The highest BCUT2D eigenvalue weighted by atomic mass is 16.1. The summed E-state index contributed by atoms with van der Waals surface area (Å²) in [6.07, 6.45) is 0.551. The number of hydrogen-bond donors (Lipinski definition) is 2. The van der Waals surface area contributed by atoms with Gasteiger partial charge < -0.3 is 5.32 Å². The standard InChI is InChI=1S/C19H17N3O2/c1-13(23)20-17-9-7-15(8-10-17)18-12-16(19(24)22-21-18)11-14-5-3-2-4-6-14/h2-10,12H,11H2,1H3,(H,20,23)(H,22,24). The first-order valence-electron chi connectivity index (χ1n) is 7.62. The Morgan fingerprint density at radius 2 is 1.79 bits per heavy atom. The Kier molecular flexibility index (Phi) is 4.52. The third-order valence-corrected chi connectivity index (χ3v) is 3.62. The van der Waals surface area contributed by atoms with E-state index in [0.29, 0.717) is 17.7 Å². The van der Waals surface area contributed by atoms with Gasteiger partial charge in [-0.3, -0.25) is 9.59 Å². The summed E-state index contributed by atoms with van der Waals surface area (Å²) in [5.74, 6) is -0.116. The molecule has 0 saturated heterocycles. The normalized spacial score (nSPS) is 10.4. The lowest BCUT2D eigenvalue weighted by atomic mass is 10.0. The molecule has 3 aromatic rings. The number of nitrogens with one attached hydrogen (secondary N) is 2. The molecule has 3 rings (SSSR count). The molecule has 0 radical (unpaired) electrons. The van der Waals surface area contributed by atoms with Crippen LogP contribution in [0.15, 0.2) is 65.5 Å². The lowest BCUT2D eigenvalue weighted by molar-refractivity contribution is -0.114. The highest BCUT2D eigenvalue weighted by Crippen LogP contribution is 2.19. The van der Waals surface area contributed by atoms with Crippen LogP contribution in [-0.2, 0) is 11.2 Å². The number of benzene rings is 2. The van der Waals surface area contributed by atoms with Crippen LogP contribution in [0, 0.1) is 0 Å². The lowest BCUT2D eigenvalue weighted by Gasteiger charge is -2.06. The number of carbonyl (C=O) groups is 1. The maximum absolute atomic E-state index is 12.0. The molecule has 0 aliphatic heterocycles. The Hall–Kier alpha value is -3.21. The average molecular weight is 319 g/mol. The molecule has 1 aromatic heterocycles. The number of aromatic nitrogens is 2. The van der Waals surface area contributed by atoms with Crippen LogP contribution in [0.1, 0.15) is 18.1 Å². The van der Waals surface area contributed by atoms with Gasteiger partial charge in [-0.2, -0.15) is 5.10 Å². The highest BCUT2D eigenvalue weighted by Gasteiger charge is 2.07. The molecule has 0 bridgehead atoms. The van der Waals surface area contributed by atoms with E-state index in [0.717, 1.165) is 16.8 Å². The van der Waals surface area contributed by atoms with Crippen LogP contribution in [0.3, 0.4) is 0 Å². The molecule has 24 heavy (non-hydrogen) atoms. The van der Waals surface area contributed by atoms with E-state index in [4.69, 9.17) is 0 Å². The molecule has 5 heteroatoms. The molecule has 1 amide bonds. The van der Waals surface area contributed by atoms with Gasteiger partial charge in [0.15, 0.2) is 0 Å². The van der Waals surface area contributed by atoms with Crippen molar-refractivity contribution < 1.29 is 4.79 Å². The number of nitrogens with zero attached hydrogens (tertiary/aromatic N) is 1. The van der Waals surface area contributed by atoms with Gasteiger partial charge in [-0.05, 0) is 23.8 Å². The summed E-state index contributed by atoms with van der Waals surface area (Å²) < 4.78 is 0. The van der Waals surface area contributed by atoms with Crippen LogP contribution in [0.4, 0.5) is 5.69 Å². The van der Waals surface area contributed by atoms with Crippen molar-refractivity contribution in [1.82, 2.24) is 10.2 Å². The van der Waals surface area contributed by atoms with E-state index in [1.54, 1.807) is 18.2 Å². The van der Waals surface area contributed by atoms with Crippen LogP contribution in [0.25, 0.3) is 11.3 Å². The smallest absolute Gasteiger partial charge is 0.267 e. The van der Waals surface area contributed by atoms with Gasteiger partial charge in [0, 0.05) is 30.2 Å². The topological polar surface area (TPSA) is 74.8 Å². The molecule has 2 aromatic carbocycles. The minimum atomic E-state index is -0.183. The first-order valence-corrected chi connectivity index (χ1v) is 7.62. The van der Waals surface area contributed by atoms with Gasteiger partial charge in [0.1, 0.15) is 0 Å². The molecule has 0 fully saturated rings. The average Bonchev–Trinajstić information content (AvgIpc) is 2.58. The van der Waals surface area contributed by atoms with Crippen LogP contribution in [0.5, 0.6) is 0 Å². The zero-order chi connectivity index (χ0) is 16.9. The van der Waals surface area contributed by atoms with Crippen LogP contribution in [-0.4, -0.2) is 16.1 Å². The van der Waals surface area contributed by atoms with E-state index < -0.39 is 0 Å². The maximum Gasteiger partial charge on any atom is 0.267 e. The minimum Gasteiger partial charge on any atom is -0.326 e. The first kappa shape index (κ1) is 15.7. The van der Waals surface area contributed by atoms with Gasteiger partial charge in [0.05, 0.1) is 5.69 Å². The maximum atomic E-state index is 12.0. The van der Waals surface area contributed by atoms with Crippen molar-refractivity contribution in [2.24, 2.45) is 0 Å². The van der Waals surface area contributed by atoms with E-state index in [1.807, 2.05) is 42.5 Å². The van der Waals surface area contributed by atoms with Crippen LogP contribution >= 0.6 is 0 Å². The predicted molar refractivity (Wildman–Crippen MR) is 93.8 cm³/mol. The fourth-order valence-electron chi connectivity index (χ4n) is 2.47. The zero-order valence-electron chi connectivity index (χ0n) is 13.2. The molecule has 120 valence electrons. The Morgan fingerprint density at radius 1 is 1.08 bits per heavy atom. The fourth-order valence-corrected chi connectivity index (χ4v) is 2.47. The highest BCUT2D eigenvalue weighted by molar-refractivity contribution is 5.88. The predicted octanol–water partition coefficient (Wildman–Crippen LogP) is 2.99. The molecule has 0 spiro atoms. The van der Waals surface area contributed by atoms with Crippen molar-refractivity contribution in [3.05, 3.63) is 82.1 Å². The quantitative estimate of drug-likeness (QED) is 0.776. The molecular weight excluding hydrogens is 302 g/mol. The molecule has 2 N–H and O–H groups in total. The third kappa shape index (κ3) is 3.76. The first-order chi connectivity index (χ1) is 11.6. The molecule has 1 heterocycles. The number of rotatable bonds is 4. The summed E-state index contributed by atoms with van der Waals surface area (Å²) in [6, 6.07) is 19.0. The Labute approximate surface area is 139 Å². The van der Waals surface area contributed by atoms with E-state index in [2.05, 4.69) is 15.5 Å². The number of amides is 1. The van der Waals surface area contributed by atoms with Crippen molar-refractivity contribution >= 4 is 11.6 Å². The molecule has 5 nitrogen and oxygen atoms in total. The number of carbonyl (C=O) groups excluding carboxylic acids is 1. The van der Waals surface area contributed by atoms with E-state index in [1.165, 1.54) is 6.92 Å². The summed E-state index contributed by atoms with van der Waals surface area (Å²) in [7, 11) is 0. The van der Waals surface area contributed by atoms with Crippen LogP contribution in [0.2, 0.25) is 0 Å². The Morgan fingerprint density at radius 3 is 2.46 bits per heavy atom. The minimum absolute atomic E-state index is 0.116. The van der Waals surface area contributed by atoms with Gasteiger partial charge in [-0.25, -0.2) is 5.10 Å². The Balaban J connectivity index is 1.88. The molecule has 0 atom stereocenters. The summed E-state index contributed by atoms with van der Waals surface area (Å²) in [5.41, 5.74) is 3.83. The summed E-state index contributed by atoms with van der Waals surface area (Å²) in [6.45, 7) is 1.47. The van der Waals surface area contributed by atoms with E-state index >= 15 is 0 Å². The Bertz CT molecular complexity index is 900. The van der Waals surface area contributed by atoms with Crippen molar-refractivity contribution in [3.8, 4) is 11.3 Å². The number of aromatic amines is 1. The van der Waals surface area contributed by atoms with Gasteiger partial charge in [0.25, 0.3) is 5.56 Å². The second-order valence-corrected chi connectivity index (χ2v) is 5.53. The van der Waals surface area contributed by atoms with Gasteiger partial charge in [-0.15, -0.1) is 0 Å². The SMILES string of the molecule is CC(=O)Nc1ccc(-c2cc(Cc3ccccc3)c(=O)[nH]n2)cc1. The molecule has 0 saturated carbocycles. The summed E-state index contributed by atoms with van der Waals surface area (Å²) in [4.78, 5) is 23.1. The fraction of sp³-hybridized carbons (Fsp3) is 0.105. The summed E-state index contributed by atoms with van der Waals surface area (Å²) >= 11 is 0. The number of hydrogen-bond acceptors (Lipinski definition) is 3. The number of H-pyrrole nitrogens is 1. The van der Waals surface area contributed by atoms with Crippen molar-refractivity contribution in [2.75, 3.05) is 5.32 Å². The second kappa shape index (κ2) is 6.91. The monoisotopic (exact) mass is 319 g/mol. The lowest BCUT2D eigenvalue weighted by Crippen LogP contribution is -2.15. The molecular formula is C19H17N3O2.